The van der Waals surface area contributed by atoms with Gasteiger partial charge in [-0.25, -0.2) is 4.39 Å². The van der Waals surface area contributed by atoms with Crippen LogP contribution in [0.5, 0.6) is 0 Å². The Bertz CT molecular complexity index is 575. The number of nitrogens with one attached hydrogen (secondary N) is 2. The van der Waals surface area contributed by atoms with Gasteiger partial charge in [0.2, 0.25) is 5.91 Å². The Balaban J connectivity index is 1.67. The van der Waals surface area contributed by atoms with Crippen LogP contribution < -0.4 is 10.6 Å². The summed E-state index contributed by atoms with van der Waals surface area (Å²) < 4.78 is 13.2. The molecule has 0 bridgehead atoms. The Hall–Kier alpha value is -1.91. The van der Waals surface area contributed by atoms with Gasteiger partial charge in [-0.15, -0.1) is 0 Å². The summed E-state index contributed by atoms with van der Waals surface area (Å²) in [5, 5.41) is 5.84. The van der Waals surface area contributed by atoms with E-state index in [-0.39, 0.29) is 23.3 Å². The zero-order valence-corrected chi connectivity index (χ0v) is 11.8. The van der Waals surface area contributed by atoms with E-state index in [0.717, 1.165) is 32.2 Å². The number of hydrogen-bond acceptors (Lipinski definition) is 2. The molecule has 1 aromatic rings. The Kier molecular flexibility index (Phi) is 3.66. The third kappa shape index (κ3) is 2.77. The van der Waals surface area contributed by atoms with Crippen LogP contribution in [0, 0.1) is 11.2 Å². The maximum atomic E-state index is 13.2. The highest BCUT2D eigenvalue weighted by Gasteiger charge is 2.45. The van der Waals surface area contributed by atoms with E-state index >= 15 is 0 Å². The van der Waals surface area contributed by atoms with Gasteiger partial charge < -0.3 is 10.6 Å². The first-order valence-corrected chi connectivity index (χ1v) is 7.44. The fourth-order valence-corrected chi connectivity index (χ4v) is 3.53. The van der Waals surface area contributed by atoms with Gasteiger partial charge in [-0.3, -0.25) is 9.59 Å². The molecule has 2 N–H and O–H groups in total. The van der Waals surface area contributed by atoms with Gasteiger partial charge in [0.05, 0.1) is 5.41 Å². The van der Waals surface area contributed by atoms with Gasteiger partial charge in [0, 0.05) is 18.2 Å². The van der Waals surface area contributed by atoms with Crippen molar-refractivity contribution >= 4 is 11.8 Å². The van der Waals surface area contributed by atoms with Crippen molar-refractivity contribution in [2.75, 3.05) is 6.54 Å². The van der Waals surface area contributed by atoms with Gasteiger partial charge in [0.1, 0.15) is 5.82 Å². The first-order valence-electron chi connectivity index (χ1n) is 7.44. The molecule has 1 aromatic carbocycles. The summed E-state index contributed by atoms with van der Waals surface area (Å²) in [6.45, 7) is 0.726. The van der Waals surface area contributed by atoms with Crippen molar-refractivity contribution in [3.05, 3.63) is 35.6 Å². The smallest absolute Gasteiger partial charge is 0.251 e. The van der Waals surface area contributed by atoms with Crippen LogP contribution >= 0.6 is 0 Å². The highest BCUT2D eigenvalue weighted by molar-refractivity contribution is 5.94. The minimum Gasteiger partial charge on any atom is -0.356 e. The largest absolute Gasteiger partial charge is 0.356 e. The number of halogens is 1. The Morgan fingerprint density at radius 1 is 1.38 bits per heavy atom. The molecule has 2 fully saturated rings. The summed E-state index contributed by atoms with van der Waals surface area (Å²) in [7, 11) is 0. The highest BCUT2D eigenvalue weighted by Crippen LogP contribution is 2.41. The zero-order chi connectivity index (χ0) is 14.9. The average molecular weight is 290 g/mol. The third-order valence-electron chi connectivity index (χ3n) is 4.64. The summed E-state index contributed by atoms with van der Waals surface area (Å²) in [5.74, 6) is -0.569. The fraction of sp³-hybridized carbons (Fsp3) is 0.500. The summed E-state index contributed by atoms with van der Waals surface area (Å²) >= 11 is 0. The van der Waals surface area contributed by atoms with E-state index in [0.29, 0.717) is 12.0 Å². The van der Waals surface area contributed by atoms with Crippen LogP contribution in [0.2, 0.25) is 0 Å². The van der Waals surface area contributed by atoms with Crippen molar-refractivity contribution in [1.82, 2.24) is 10.6 Å². The monoisotopic (exact) mass is 290 g/mol. The van der Waals surface area contributed by atoms with E-state index in [1.807, 2.05) is 0 Å². The van der Waals surface area contributed by atoms with Gasteiger partial charge in [-0.2, -0.15) is 0 Å². The van der Waals surface area contributed by atoms with Crippen LogP contribution in [0.4, 0.5) is 4.39 Å². The van der Waals surface area contributed by atoms with Gasteiger partial charge in [0.15, 0.2) is 0 Å². The molecule has 1 aliphatic carbocycles. The molecule has 1 heterocycles. The van der Waals surface area contributed by atoms with E-state index in [2.05, 4.69) is 10.6 Å². The number of amides is 2. The van der Waals surface area contributed by atoms with Crippen molar-refractivity contribution in [3.63, 3.8) is 0 Å². The minimum absolute atomic E-state index is 0.0154. The van der Waals surface area contributed by atoms with Crippen molar-refractivity contribution in [3.8, 4) is 0 Å². The number of hydrogen-bond donors (Lipinski definition) is 2. The lowest BCUT2D eigenvalue weighted by Crippen LogP contribution is -2.45. The molecule has 112 valence electrons. The lowest BCUT2D eigenvalue weighted by atomic mass is 9.71. The molecule has 1 saturated carbocycles. The molecule has 3 rings (SSSR count). The number of carbonyl (C=O) groups is 2. The van der Waals surface area contributed by atoms with E-state index in [4.69, 9.17) is 0 Å². The molecule has 5 heteroatoms. The second-order valence-corrected chi connectivity index (χ2v) is 6.06. The first-order chi connectivity index (χ1) is 10.1. The van der Waals surface area contributed by atoms with Gasteiger partial charge in [-0.1, -0.05) is 12.5 Å². The molecule has 2 atom stereocenters. The van der Waals surface area contributed by atoms with Crippen LogP contribution in [0.3, 0.4) is 0 Å². The second-order valence-electron chi connectivity index (χ2n) is 6.06. The summed E-state index contributed by atoms with van der Waals surface area (Å²) in [6, 6.07) is 5.65. The van der Waals surface area contributed by atoms with E-state index in [9.17, 15) is 14.0 Å². The van der Waals surface area contributed by atoms with E-state index in [1.165, 1.54) is 18.2 Å². The quantitative estimate of drug-likeness (QED) is 0.875. The van der Waals surface area contributed by atoms with Crippen LogP contribution in [0.1, 0.15) is 42.5 Å². The standard InChI is InChI=1S/C16H19FN2O2/c17-12-4-1-3-11(9-12)14(20)19-13-5-2-6-16(10-13)7-8-18-15(16)21/h1,3-4,9,13H,2,5-8,10H2,(H,18,21)(H,19,20)/t13-,16-/m0/s1. The van der Waals surface area contributed by atoms with Crippen molar-refractivity contribution < 1.29 is 14.0 Å². The van der Waals surface area contributed by atoms with Crippen molar-refractivity contribution in [1.29, 1.82) is 0 Å². The predicted octanol–water partition coefficient (Wildman–Crippen LogP) is 2.00. The molecule has 1 saturated heterocycles. The molecular weight excluding hydrogens is 271 g/mol. The van der Waals surface area contributed by atoms with E-state index in [1.54, 1.807) is 6.07 Å². The molecule has 4 nitrogen and oxygen atoms in total. The molecule has 0 unspecified atom stereocenters. The minimum atomic E-state index is -0.419. The molecule has 0 radical (unpaired) electrons. The summed E-state index contributed by atoms with van der Waals surface area (Å²) in [6.07, 6.45) is 4.22. The molecule has 1 aliphatic heterocycles. The highest BCUT2D eigenvalue weighted by atomic mass is 19.1. The van der Waals surface area contributed by atoms with Crippen molar-refractivity contribution in [2.45, 2.75) is 38.1 Å². The van der Waals surface area contributed by atoms with E-state index < -0.39 is 5.82 Å². The van der Waals surface area contributed by atoms with Crippen LogP contribution in [0.15, 0.2) is 24.3 Å². The molecule has 1 spiro atoms. The Morgan fingerprint density at radius 2 is 2.24 bits per heavy atom. The predicted molar refractivity (Wildman–Crippen MR) is 76.2 cm³/mol. The van der Waals surface area contributed by atoms with Crippen LogP contribution in [0.25, 0.3) is 0 Å². The number of carbonyl (C=O) groups excluding carboxylic acids is 2. The molecule has 0 aromatic heterocycles. The van der Waals surface area contributed by atoms with Gasteiger partial charge in [0.25, 0.3) is 5.91 Å². The lowest BCUT2D eigenvalue weighted by molar-refractivity contribution is -0.129. The first kappa shape index (κ1) is 14.0. The fourth-order valence-electron chi connectivity index (χ4n) is 3.53. The topological polar surface area (TPSA) is 58.2 Å². The summed E-state index contributed by atoms with van der Waals surface area (Å²) in [5.41, 5.74) is 0.0171. The molecule has 2 amide bonds. The maximum absolute atomic E-state index is 13.2. The Morgan fingerprint density at radius 3 is 2.95 bits per heavy atom. The average Bonchev–Trinajstić information content (AvgIpc) is 2.80. The van der Waals surface area contributed by atoms with Crippen molar-refractivity contribution in [2.24, 2.45) is 5.41 Å². The molecule has 21 heavy (non-hydrogen) atoms. The second kappa shape index (κ2) is 5.47. The number of rotatable bonds is 2. The van der Waals surface area contributed by atoms with Gasteiger partial charge in [-0.05, 0) is 43.9 Å². The van der Waals surface area contributed by atoms with Gasteiger partial charge >= 0.3 is 0 Å². The molecule has 2 aliphatic rings. The summed E-state index contributed by atoms with van der Waals surface area (Å²) in [4.78, 5) is 24.2. The van der Waals surface area contributed by atoms with Crippen LogP contribution in [-0.2, 0) is 4.79 Å². The maximum Gasteiger partial charge on any atom is 0.251 e. The third-order valence-corrected chi connectivity index (χ3v) is 4.64. The zero-order valence-electron chi connectivity index (χ0n) is 11.8. The normalized spacial score (nSPS) is 28.4. The lowest BCUT2D eigenvalue weighted by Gasteiger charge is -2.36. The SMILES string of the molecule is O=C(N[C@H]1CCC[C@]2(CCNC2=O)C1)c1cccc(F)c1. The molecular formula is C16H19FN2O2. The number of benzene rings is 1. The van der Waals surface area contributed by atoms with Crippen LogP contribution in [-0.4, -0.2) is 24.4 Å². The Labute approximate surface area is 123 Å².